The van der Waals surface area contributed by atoms with Crippen LogP contribution in [0.25, 0.3) is 21.9 Å². The van der Waals surface area contributed by atoms with Crippen LogP contribution in [-0.2, 0) is 11.3 Å². The molecule has 1 aliphatic rings. The Morgan fingerprint density at radius 3 is 2.75 bits per heavy atom. The molecular formula is C27H27N3O6. The Hall–Kier alpha value is -4.01. The van der Waals surface area contributed by atoms with Crippen molar-refractivity contribution in [2.45, 2.75) is 45.1 Å². The van der Waals surface area contributed by atoms with Crippen LogP contribution in [0.15, 0.2) is 57.9 Å². The average Bonchev–Trinajstić information content (AvgIpc) is 3.56. The number of rotatable bonds is 10. The largest absolute Gasteiger partial charge is 0.493 e. The second-order valence-corrected chi connectivity index (χ2v) is 9.35. The molecule has 1 unspecified atom stereocenters. The molecule has 9 heteroatoms. The number of ether oxygens (including phenoxy) is 1. The van der Waals surface area contributed by atoms with Gasteiger partial charge in [0.15, 0.2) is 5.78 Å². The maximum atomic E-state index is 13.0. The van der Waals surface area contributed by atoms with E-state index in [1.165, 1.54) is 31.9 Å². The molecule has 1 saturated carbocycles. The van der Waals surface area contributed by atoms with E-state index in [4.69, 9.17) is 9.15 Å². The average molecular weight is 490 g/mol. The van der Waals surface area contributed by atoms with E-state index >= 15 is 0 Å². The highest BCUT2D eigenvalue weighted by Gasteiger charge is 2.25. The second-order valence-electron chi connectivity index (χ2n) is 9.35. The zero-order valence-electron chi connectivity index (χ0n) is 19.8. The van der Waals surface area contributed by atoms with Gasteiger partial charge in [-0.2, -0.15) is 0 Å². The molecule has 5 rings (SSSR count). The smallest absolute Gasteiger partial charge is 0.307 e. The third-order valence-corrected chi connectivity index (χ3v) is 6.91. The molecule has 2 aromatic heterocycles. The van der Waals surface area contributed by atoms with Crippen molar-refractivity contribution in [2.75, 3.05) is 6.61 Å². The monoisotopic (exact) mass is 489 g/mol. The van der Waals surface area contributed by atoms with Crippen LogP contribution in [0.5, 0.6) is 5.75 Å². The van der Waals surface area contributed by atoms with E-state index in [9.17, 15) is 19.5 Å². The van der Waals surface area contributed by atoms with E-state index in [1.807, 2.05) is 6.07 Å². The number of carboxylic acid groups (broad SMARTS) is 1. The maximum Gasteiger partial charge on any atom is 0.307 e. The number of hydrogen-bond acceptors (Lipinski definition) is 7. The highest BCUT2D eigenvalue weighted by molar-refractivity contribution is 6.08. The quantitative estimate of drug-likeness (QED) is 0.324. The summed E-state index contributed by atoms with van der Waals surface area (Å²) in [5.74, 6) is -1.16. The third kappa shape index (κ3) is 5.00. The van der Waals surface area contributed by atoms with Crippen LogP contribution in [0, 0.1) is 11.8 Å². The Morgan fingerprint density at radius 2 is 1.94 bits per heavy atom. The number of carbonyl (C=O) groups is 2. The molecule has 0 aliphatic heterocycles. The molecule has 2 heterocycles. The van der Waals surface area contributed by atoms with Crippen LogP contribution >= 0.6 is 0 Å². The molecule has 9 nitrogen and oxygen atoms in total. The van der Waals surface area contributed by atoms with Gasteiger partial charge in [0.1, 0.15) is 23.1 Å². The van der Waals surface area contributed by atoms with Crippen LogP contribution in [0.3, 0.4) is 0 Å². The zero-order valence-corrected chi connectivity index (χ0v) is 19.8. The highest BCUT2D eigenvalue weighted by atomic mass is 16.5. The van der Waals surface area contributed by atoms with E-state index < -0.39 is 11.9 Å². The van der Waals surface area contributed by atoms with Gasteiger partial charge in [-0.1, -0.05) is 30.2 Å². The van der Waals surface area contributed by atoms with Gasteiger partial charge in [-0.15, -0.1) is 5.10 Å². The van der Waals surface area contributed by atoms with E-state index in [-0.39, 0.29) is 30.7 Å². The highest BCUT2D eigenvalue weighted by Crippen LogP contribution is 2.30. The first-order valence-corrected chi connectivity index (χ1v) is 12.2. The molecule has 0 radical (unpaired) electrons. The molecule has 186 valence electrons. The van der Waals surface area contributed by atoms with Crippen molar-refractivity contribution in [2.24, 2.45) is 11.8 Å². The van der Waals surface area contributed by atoms with Gasteiger partial charge >= 0.3 is 5.97 Å². The first-order valence-electron chi connectivity index (χ1n) is 12.2. The molecule has 0 spiro atoms. The van der Waals surface area contributed by atoms with Gasteiger partial charge < -0.3 is 14.3 Å². The molecule has 0 bridgehead atoms. The minimum atomic E-state index is -1.11. The Labute approximate surface area is 206 Å². The fourth-order valence-electron chi connectivity index (χ4n) is 4.80. The number of aryl methyl sites for hydroxylation is 1. The number of ketones is 1. The van der Waals surface area contributed by atoms with Gasteiger partial charge in [-0.05, 0) is 49.4 Å². The van der Waals surface area contributed by atoms with E-state index in [0.29, 0.717) is 45.7 Å². The summed E-state index contributed by atoms with van der Waals surface area (Å²) in [6, 6.07) is 12.2. The Bertz CT molecular complexity index is 1470. The molecule has 1 fully saturated rings. The normalized spacial score (nSPS) is 14.9. The van der Waals surface area contributed by atoms with E-state index in [2.05, 4.69) is 10.3 Å². The number of fused-ring (bicyclic) bond motifs is 2. The van der Waals surface area contributed by atoms with Gasteiger partial charge in [0.25, 0.3) is 5.56 Å². The number of Topliss-reactive ketones (excluding diaryl/α,β-unsaturated/α-hetero) is 1. The predicted octanol–water partition coefficient (Wildman–Crippen LogP) is 4.47. The summed E-state index contributed by atoms with van der Waals surface area (Å²) >= 11 is 0. The maximum absolute atomic E-state index is 13.0. The Morgan fingerprint density at radius 1 is 1.14 bits per heavy atom. The summed E-state index contributed by atoms with van der Waals surface area (Å²) in [4.78, 5) is 37.6. The first-order chi connectivity index (χ1) is 17.5. The number of nitrogens with zero attached hydrogens (tertiary/aromatic N) is 3. The van der Waals surface area contributed by atoms with E-state index in [1.54, 1.807) is 36.4 Å². The summed E-state index contributed by atoms with van der Waals surface area (Å²) in [6.07, 6.45) is 6.08. The van der Waals surface area contributed by atoms with Crippen LogP contribution < -0.4 is 10.3 Å². The summed E-state index contributed by atoms with van der Waals surface area (Å²) < 4.78 is 12.7. The molecule has 1 atom stereocenters. The lowest BCUT2D eigenvalue weighted by Gasteiger charge is -2.12. The van der Waals surface area contributed by atoms with Crippen LogP contribution in [-0.4, -0.2) is 38.5 Å². The molecule has 4 aromatic rings. The van der Waals surface area contributed by atoms with Crippen molar-refractivity contribution >= 4 is 33.6 Å². The number of aromatic nitrogens is 3. The number of furan rings is 1. The van der Waals surface area contributed by atoms with Gasteiger partial charge in [-0.25, -0.2) is 4.68 Å². The van der Waals surface area contributed by atoms with Crippen molar-refractivity contribution in [3.8, 4) is 5.75 Å². The number of aliphatic carboxylic acids is 1. The topological polar surface area (TPSA) is 125 Å². The predicted molar refractivity (Wildman–Crippen MR) is 132 cm³/mol. The minimum absolute atomic E-state index is 0.0365. The fourth-order valence-corrected chi connectivity index (χ4v) is 4.80. The number of hydrogen-bond donors (Lipinski definition) is 1. The fraction of sp³-hybridized carbons (Fsp3) is 0.370. The summed E-state index contributed by atoms with van der Waals surface area (Å²) in [6.45, 7) is 0.706. The lowest BCUT2D eigenvalue weighted by atomic mass is 9.95. The van der Waals surface area contributed by atoms with Crippen molar-refractivity contribution in [1.29, 1.82) is 0 Å². The number of benzene rings is 2. The van der Waals surface area contributed by atoms with Gasteiger partial charge in [0.2, 0.25) is 0 Å². The summed E-state index contributed by atoms with van der Waals surface area (Å²) in [5.41, 5.74) is 0.985. The molecule has 0 amide bonds. The van der Waals surface area contributed by atoms with Crippen molar-refractivity contribution in [3.05, 3.63) is 64.6 Å². The van der Waals surface area contributed by atoms with Crippen LogP contribution in [0.4, 0.5) is 0 Å². The van der Waals surface area contributed by atoms with Crippen molar-refractivity contribution < 1.29 is 23.8 Å². The summed E-state index contributed by atoms with van der Waals surface area (Å²) in [7, 11) is 0. The number of carbonyl (C=O) groups excluding carboxylic acids is 1. The Kier molecular flexibility index (Phi) is 6.79. The lowest BCUT2D eigenvalue weighted by Crippen LogP contribution is -2.27. The third-order valence-electron chi connectivity index (χ3n) is 6.91. The standard InChI is InChI=1S/C27H27N3O6/c31-24(22-16-36-25-14-19(9-10-20(22)25)35-15-17-5-1-2-6-17)13-18(27(33)34)11-12-30-26(32)21-7-3-4-8-23(21)28-29-30/h3-4,7-10,14,16-18H,1-2,5-6,11-13,15H2,(H,33,34). The molecular weight excluding hydrogens is 462 g/mol. The molecule has 1 aliphatic carbocycles. The number of carboxylic acids is 1. The first kappa shape index (κ1) is 23.7. The van der Waals surface area contributed by atoms with Gasteiger partial charge in [0.05, 0.1) is 23.5 Å². The van der Waals surface area contributed by atoms with Crippen molar-refractivity contribution in [3.63, 3.8) is 0 Å². The zero-order chi connectivity index (χ0) is 25.1. The molecule has 36 heavy (non-hydrogen) atoms. The molecule has 2 aromatic carbocycles. The van der Waals surface area contributed by atoms with Crippen LogP contribution in [0.1, 0.15) is 48.9 Å². The second kappa shape index (κ2) is 10.3. The van der Waals surface area contributed by atoms with Gasteiger partial charge in [0, 0.05) is 24.4 Å². The SMILES string of the molecule is O=C(CC(CCn1nnc2ccccc2c1=O)C(=O)O)c1coc2cc(OCC3CCCC3)ccc12. The lowest BCUT2D eigenvalue weighted by molar-refractivity contribution is -0.142. The molecule has 0 saturated heterocycles. The Balaban J connectivity index is 1.26. The van der Waals surface area contributed by atoms with Crippen LogP contribution in [0.2, 0.25) is 0 Å². The molecule has 1 N–H and O–H groups in total. The minimum Gasteiger partial charge on any atom is -0.493 e. The van der Waals surface area contributed by atoms with E-state index in [0.717, 1.165) is 4.68 Å². The van der Waals surface area contributed by atoms with Gasteiger partial charge in [-0.3, -0.25) is 14.4 Å². The summed E-state index contributed by atoms with van der Waals surface area (Å²) in [5, 5.41) is 18.7. The van der Waals surface area contributed by atoms with Crippen molar-refractivity contribution in [1.82, 2.24) is 15.0 Å².